The number of rotatable bonds is 7. The van der Waals surface area contributed by atoms with E-state index in [1.807, 2.05) is 56.3 Å². The van der Waals surface area contributed by atoms with Crippen LogP contribution in [-0.4, -0.2) is 12.8 Å². The van der Waals surface area contributed by atoms with Crippen molar-refractivity contribution in [3.8, 4) is 0 Å². The second kappa shape index (κ2) is 9.62. The second-order valence-corrected chi connectivity index (χ2v) is 6.24. The summed E-state index contributed by atoms with van der Waals surface area (Å²) in [4.78, 5) is 12.5. The summed E-state index contributed by atoms with van der Waals surface area (Å²) in [5.74, 6) is 0.205. The summed E-state index contributed by atoms with van der Waals surface area (Å²) in [7, 11) is 1.65. The van der Waals surface area contributed by atoms with E-state index < -0.39 is 0 Å². The number of ketones is 1. The number of azo groups is 1. The van der Waals surface area contributed by atoms with Gasteiger partial charge in [-0.2, -0.15) is 10.2 Å². The van der Waals surface area contributed by atoms with E-state index in [4.69, 9.17) is 0 Å². The van der Waals surface area contributed by atoms with E-state index >= 15 is 0 Å². The molecular formula is C23H26N2O. The third kappa shape index (κ3) is 5.35. The zero-order valence-electron chi connectivity index (χ0n) is 16.0. The molecule has 2 aromatic carbocycles. The molecule has 0 saturated heterocycles. The van der Waals surface area contributed by atoms with Gasteiger partial charge in [-0.1, -0.05) is 54.6 Å². The summed E-state index contributed by atoms with van der Waals surface area (Å²) < 4.78 is 0. The van der Waals surface area contributed by atoms with E-state index in [-0.39, 0.29) is 5.78 Å². The molecule has 26 heavy (non-hydrogen) atoms. The molecule has 2 rings (SSSR count). The average molecular weight is 346 g/mol. The van der Waals surface area contributed by atoms with Crippen LogP contribution < -0.4 is 0 Å². The average Bonchev–Trinajstić information content (AvgIpc) is 2.65. The van der Waals surface area contributed by atoms with Crippen LogP contribution in [0.1, 0.15) is 43.0 Å². The standard InChI is InChI=1S/C23H26N2O/c1-5-17(3)20-11-7-9-18(13-20)15-22(26)16-19-10-8-12-21(14-19)23(6-2)25-24-4/h5-14H,15-16H2,1-4H3/b17-5+,23-6-,25-24?. The fraction of sp³-hybridized carbons (Fsp3) is 0.261. The van der Waals surface area contributed by atoms with E-state index in [9.17, 15) is 4.79 Å². The van der Waals surface area contributed by atoms with Gasteiger partial charge in [0.1, 0.15) is 5.78 Å². The molecule has 3 nitrogen and oxygen atoms in total. The predicted molar refractivity (Wildman–Crippen MR) is 109 cm³/mol. The van der Waals surface area contributed by atoms with Crippen molar-refractivity contribution in [2.75, 3.05) is 7.05 Å². The molecule has 0 heterocycles. The number of carbonyl (C=O) groups excluding carboxylic acids is 1. The van der Waals surface area contributed by atoms with Gasteiger partial charge < -0.3 is 0 Å². The fourth-order valence-electron chi connectivity index (χ4n) is 2.84. The highest BCUT2D eigenvalue weighted by atomic mass is 16.1. The zero-order valence-corrected chi connectivity index (χ0v) is 16.0. The van der Waals surface area contributed by atoms with Gasteiger partial charge in [0.2, 0.25) is 0 Å². The Morgan fingerprint density at radius 2 is 1.50 bits per heavy atom. The van der Waals surface area contributed by atoms with Crippen molar-refractivity contribution in [1.29, 1.82) is 0 Å². The van der Waals surface area contributed by atoms with Gasteiger partial charge in [-0.25, -0.2) is 0 Å². The SMILES string of the molecule is C/C=C(\N=NC)c1cccc(CC(=O)Cc2cccc(/C(C)=C/C)c2)c1. The highest BCUT2D eigenvalue weighted by Gasteiger charge is 2.08. The third-order valence-corrected chi connectivity index (χ3v) is 4.32. The van der Waals surface area contributed by atoms with Crippen molar-refractivity contribution in [3.05, 3.63) is 82.9 Å². The number of carbonyl (C=O) groups is 1. The largest absolute Gasteiger partial charge is 0.299 e. The molecule has 0 aromatic heterocycles. The molecule has 0 fully saturated rings. The van der Waals surface area contributed by atoms with Crippen LogP contribution in [-0.2, 0) is 17.6 Å². The lowest BCUT2D eigenvalue weighted by molar-refractivity contribution is -0.117. The minimum Gasteiger partial charge on any atom is -0.299 e. The Labute approximate surface area is 156 Å². The molecule has 0 aliphatic heterocycles. The number of hydrogen-bond acceptors (Lipinski definition) is 3. The number of benzene rings is 2. The van der Waals surface area contributed by atoms with Crippen molar-refractivity contribution in [1.82, 2.24) is 0 Å². The lowest BCUT2D eigenvalue weighted by atomic mass is 9.98. The minimum absolute atomic E-state index is 0.205. The van der Waals surface area contributed by atoms with Gasteiger partial charge in [-0.15, -0.1) is 0 Å². The first-order chi connectivity index (χ1) is 12.6. The Bertz CT molecular complexity index is 860. The highest BCUT2D eigenvalue weighted by Crippen LogP contribution is 2.19. The smallest absolute Gasteiger partial charge is 0.141 e. The highest BCUT2D eigenvalue weighted by molar-refractivity contribution is 5.83. The number of hydrogen-bond donors (Lipinski definition) is 0. The van der Waals surface area contributed by atoms with E-state index in [1.54, 1.807) is 7.05 Å². The van der Waals surface area contributed by atoms with E-state index in [0.717, 1.165) is 22.4 Å². The Morgan fingerprint density at radius 3 is 2.04 bits per heavy atom. The molecule has 3 heteroatoms. The normalized spacial score (nSPS) is 12.6. The lowest BCUT2D eigenvalue weighted by Crippen LogP contribution is -2.07. The molecule has 134 valence electrons. The molecule has 0 atom stereocenters. The minimum atomic E-state index is 0.205. The number of nitrogens with zero attached hydrogens (tertiary/aromatic N) is 2. The van der Waals surface area contributed by atoms with E-state index in [2.05, 4.69) is 35.4 Å². The van der Waals surface area contributed by atoms with Gasteiger partial charge >= 0.3 is 0 Å². The maximum absolute atomic E-state index is 12.5. The fourth-order valence-corrected chi connectivity index (χ4v) is 2.84. The van der Waals surface area contributed by atoms with Crippen molar-refractivity contribution >= 4 is 17.1 Å². The van der Waals surface area contributed by atoms with Crippen LogP contribution >= 0.6 is 0 Å². The van der Waals surface area contributed by atoms with Crippen LogP contribution in [0.4, 0.5) is 0 Å². The Balaban J connectivity index is 2.11. The Morgan fingerprint density at radius 1 is 0.923 bits per heavy atom. The first kappa shape index (κ1) is 19.5. The molecule has 0 spiro atoms. The molecule has 0 aliphatic carbocycles. The monoisotopic (exact) mass is 346 g/mol. The van der Waals surface area contributed by atoms with Gasteiger partial charge in [0, 0.05) is 25.5 Å². The summed E-state index contributed by atoms with van der Waals surface area (Å²) >= 11 is 0. The Hall–Kier alpha value is -2.81. The molecular weight excluding hydrogens is 320 g/mol. The maximum Gasteiger partial charge on any atom is 0.141 e. The summed E-state index contributed by atoms with van der Waals surface area (Å²) in [6, 6.07) is 16.2. The van der Waals surface area contributed by atoms with Crippen molar-refractivity contribution in [2.45, 2.75) is 33.6 Å². The lowest BCUT2D eigenvalue weighted by Gasteiger charge is -2.07. The van der Waals surface area contributed by atoms with Crippen LogP contribution in [0.25, 0.3) is 11.3 Å². The first-order valence-electron chi connectivity index (χ1n) is 8.86. The molecule has 0 N–H and O–H groups in total. The van der Waals surface area contributed by atoms with Crippen LogP contribution in [0.5, 0.6) is 0 Å². The second-order valence-electron chi connectivity index (χ2n) is 6.24. The molecule has 2 aromatic rings. The van der Waals surface area contributed by atoms with Crippen LogP contribution in [0, 0.1) is 0 Å². The molecule has 0 unspecified atom stereocenters. The summed E-state index contributed by atoms with van der Waals surface area (Å²) in [5.41, 5.74) is 6.24. The van der Waals surface area contributed by atoms with Crippen LogP contribution in [0.15, 0.2) is 70.9 Å². The van der Waals surface area contributed by atoms with Gasteiger partial charge in [-0.05, 0) is 49.1 Å². The van der Waals surface area contributed by atoms with Crippen LogP contribution in [0.3, 0.4) is 0 Å². The van der Waals surface area contributed by atoms with Crippen molar-refractivity contribution in [2.24, 2.45) is 10.2 Å². The summed E-state index contributed by atoms with van der Waals surface area (Å²) in [5, 5.41) is 7.98. The predicted octanol–water partition coefficient (Wildman–Crippen LogP) is 5.91. The molecule has 0 aliphatic rings. The third-order valence-electron chi connectivity index (χ3n) is 4.32. The van der Waals surface area contributed by atoms with Gasteiger partial charge in [-0.3, -0.25) is 4.79 Å². The van der Waals surface area contributed by atoms with Gasteiger partial charge in [0.05, 0.1) is 5.70 Å². The first-order valence-corrected chi connectivity index (χ1v) is 8.86. The molecule has 0 saturated carbocycles. The molecule has 0 amide bonds. The quantitative estimate of drug-likeness (QED) is 0.575. The Kier molecular flexibility index (Phi) is 7.22. The molecule has 0 bridgehead atoms. The number of allylic oxidation sites excluding steroid dienone is 3. The van der Waals surface area contributed by atoms with Crippen LogP contribution in [0.2, 0.25) is 0 Å². The van der Waals surface area contributed by atoms with Gasteiger partial charge in [0.15, 0.2) is 0 Å². The zero-order chi connectivity index (χ0) is 18.9. The van der Waals surface area contributed by atoms with Gasteiger partial charge in [0.25, 0.3) is 0 Å². The van der Waals surface area contributed by atoms with E-state index in [1.165, 1.54) is 11.1 Å². The topological polar surface area (TPSA) is 41.8 Å². The van der Waals surface area contributed by atoms with E-state index in [0.29, 0.717) is 12.8 Å². The van der Waals surface area contributed by atoms with Crippen molar-refractivity contribution < 1.29 is 4.79 Å². The number of Topliss-reactive ketones (excluding diaryl/α,β-unsaturated/α-hetero) is 1. The molecule has 0 radical (unpaired) electrons. The summed E-state index contributed by atoms with van der Waals surface area (Å²) in [6.07, 6.45) is 4.86. The summed E-state index contributed by atoms with van der Waals surface area (Å²) in [6.45, 7) is 6.04. The van der Waals surface area contributed by atoms with Crippen molar-refractivity contribution in [3.63, 3.8) is 0 Å². The maximum atomic E-state index is 12.5.